The zero-order valence-corrected chi connectivity index (χ0v) is 9.59. The lowest BCUT2D eigenvalue weighted by Crippen LogP contribution is -2.33. The number of carbonyl (C=O) groups excluding carboxylic acids is 2. The molecule has 2 rings (SSSR count). The Balaban J connectivity index is 2.57. The van der Waals surface area contributed by atoms with Gasteiger partial charge in [-0.25, -0.2) is 5.32 Å². The predicted octanol–water partition coefficient (Wildman–Crippen LogP) is 1.66. The molecule has 1 aliphatic rings. The van der Waals surface area contributed by atoms with E-state index in [0.717, 1.165) is 3.57 Å². The highest BCUT2D eigenvalue weighted by Crippen LogP contribution is 2.33. The number of fused-ring (bicyclic) bond motifs is 1. The molecule has 1 aromatic rings. The monoisotopic (exact) mass is 321 g/mol. The molecule has 14 heavy (non-hydrogen) atoms. The van der Waals surface area contributed by atoms with Gasteiger partial charge in [-0.2, -0.15) is 0 Å². The summed E-state index contributed by atoms with van der Waals surface area (Å²) in [6.45, 7) is 0. The number of anilines is 1. The van der Waals surface area contributed by atoms with Crippen molar-refractivity contribution in [3.05, 3.63) is 20.7 Å². The minimum atomic E-state index is -0.780. The summed E-state index contributed by atoms with van der Waals surface area (Å²) < 4.78 is 0.735. The SMILES string of the molecule is O=C1[N]c2c(I)cc(Cl)cc2NC1=O. The molecule has 4 nitrogen and oxygen atoms in total. The first-order valence-electron chi connectivity index (χ1n) is 3.64. The second-order valence-corrected chi connectivity index (χ2v) is 4.25. The van der Waals surface area contributed by atoms with Gasteiger partial charge in [0.1, 0.15) is 5.69 Å². The molecule has 1 radical (unpaired) electrons. The smallest absolute Gasteiger partial charge is 0.316 e. The summed E-state index contributed by atoms with van der Waals surface area (Å²) in [7, 11) is 0. The molecule has 1 N–H and O–H groups in total. The normalized spacial score (nSPS) is 14.4. The van der Waals surface area contributed by atoms with Gasteiger partial charge in [0.25, 0.3) is 0 Å². The molecule has 2 amide bonds. The Morgan fingerprint density at radius 1 is 1.36 bits per heavy atom. The molecule has 1 aliphatic heterocycles. The van der Waals surface area contributed by atoms with E-state index in [2.05, 4.69) is 10.6 Å². The zero-order chi connectivity index (χ0) is 10.3. The first kappa shape index (κ1) is 9.72. The fourth-order valence-corrected chi connectivity index (χ4v) is 2.25. The summed E-state index contributed by atoms with van der Waals surface area (Å²) in [5.74, 6) is -1.51. The molecule has 0 bridgehead atoms. The molecule has 0 unspecified atom stereocenters. The van der Waals surface area contributed by atoms with E-state index < -0.39 is 11.8 Å². The number of carbonyl (C=O) groups is 2. The Kier molecular flexibility index (Phi) is 2.36. The Morgan fingerprint density at radius 2 is 2.07 bits per heavy atom. The van der Waals surface area contributed by atoms with Crippen molar-refractivity contribution in [3.8, 4) is 0 Å². The van der Waals surface area contributed by atoms with Crippen LogP contribution in [0.2, 0.25) is 5.02 Å². The van der Waals surface area contributed by atoms with Crippen LogP contribution in [0.1, 0.15) is 0 Å². The minimum absolute atomic E-state index is 0.472. The van der Waals surface area contributed by atoms with E-state index >= 15 is 0 Å². The van der Waals surface area contributed by atoms with E-state index in [1.807, 2.05) is 22.6 Å². The lowest BCUT2D eigenvalue weighted by Gasteiger charge is -2.16. The molecule has 0 atom stereocenters. The van der Waals surface area contributed by atoms with E-state index in [0.29, 0.717) is 16.4 Å². The number of nitrogens with one attached hydrogen (secondary N) is 1. The summed E-state index contributed by atoms with van der Waals surface area (Å²) in [6.07, 6.45) is 0. The number of hydrogen-bond donors (Lipinski definition) is 1. The van der Waals surface area contributed by atoms with Gasteiger partial charge in [-0.1, -0.05) is 11.6 Å². The summed E-state index contributed by atoms with van der Waals surface area (Å²) in [6, 6.07) is 3.24. The standard InChI is InChI=1S/C8H3ClIN2O2/c9-3-1-4(10)6-5(2-3)11-7(13)8(14)12-6/h1-2H,(H,11,13). The second kappa shape index (κ2) is 3.39. The Hall–Kier alpha value is -0.820. The Bertz CT molecular complexity index is 447. The quantitative estimate of drug-likeness (QED) is 0.583. The van der Waals surface area contributed by atoms with E-state index in [1.54, 1.807) is 12.1 Å². The second-order valence-electron chi connectivity index (χ2n) is 2.65. The van der Waals surface area contributed by atoms with Crippen molar-refractivity contribution in [3.63, 3.8) is 0 Å². The number of nitrogens with zero attached hydrogens (tertiary/aromatic N) is 1. The number of benzene rings is 1. The van der Waals surface area contributed by atoms with Crippen LogP contribution in [-0.2, 0) is 9.59 Å². The van der Waals surface area contributed by atoms with Crippen molar-refractivity contribution < 1.29 is 9.59 Å². The van der Waals surface area contributed by atoms with Crippen molar-refractivity contribution in [1.82, 2.24) is 5.32 Å². The third kappa shape index (κ3) is 1.57. The number of amides is 2. The molecule has 0 aliphatic carbocycles. The molecular weight excluding hydrogens is 318 g/mol. The van der Waals surface area contributed by atoms with E-state index in [-0.39, 0.29) is 0 Å². The first-order valence-corrected chi connectivity index (χ1v) is 5.09. The lowest BCUT2D eigenvalue weighted by molar-refractivity contribution is -0.135. The molecule has 1 aromatic carbocycles. The van der Waals surface area contributed by atoms with Crippen LogP contribution in [0, 0.1) is 3.57 Å². The molecule has 0 spiro atoms. The zero-order valence-electron chi connectivity index (χ0n) is 6.67. The predicted molar refractivity (Wildman–Crippen MR) is 59.6 cm³/mol. The van der Waals surface area contributed by atoms with Crippen LogP contribution in [0.5, 0.6) is 0 Å². The van der Waals surface area contributed by atoms with E-state index in [4.69, 9.17) is 11.6 Å². The molecule has 0 saturated heterocycles. The van der Waals surface area contributed by atoms with Crippen LogP contribution >= 0.6 is 34.2 Å². The molecule has 0 saturated carbocycles. The third-order valence-corrected chi connectivity index (χ3v) is 2.72. The van der Waals surface area contributed by atoms with Gasteiger partial charge in [0.2, 0.25) is 0 Å². The maximum absolute atomic E-state index is 11.0. The molecule has 0 aromatic heterocycles. The number of halogens is 2. The van der Waals surface area contributed by atoms with E-state index in [1.165, 1.54) is 0 Å². The molecule has 0 fully saturated rings. The molecule has 71 valence electrons. The van der Waals surface area contributed by atoms with Gasteiger partial charge in [-0.3, -0.25) is 9.59 Å². The third-order valence-electron chi connectivity index (χ3n) is 1.68. The largest absolute Gasteiger partial charge is 0.335 e. The fourth-order valence-electron chi connectivity index (χ4n) is 1.10. The van der Waals surface area contributed by atoms with Crippen molar-refractivity contribution >= 4 is 57.4 Å². The van der Waals surface area contributed by atoms with Crippen molar-refractivity contribution in [2.75, 3.05) is 5.32 Å². The van der Waals surface area contributed by atoms with Gasteiger partial charge in [0, 0.05) is 8.59 Å². The highest BCUT2D eigenvalue weighted by molar-refractivity contribution is 14.1. The van der Waals surface area contributed by atoms with Crippen molar-refractivity contribution in [2.24, 2.45) is 0 Å². The van der Waals surface area contributed by atoms with Gasteiger partial charge >= 0.3 is 11.8 Å². The average Bonchev–Trinajstić information content (AvgIpc) is 2.08. The average molecular weight is 321 g/mol. The van der Waals surface area contributed by atoms with Crippen LogP contribution in [0.25, 0.3) is 0 Å². The number of rotatable bonds is 0. The van der Waals surface area contributed by atoms with Gasteiger partial charge in [0.15, 0.2) is 0 Å². The van der Waals surface area contributed by atoms with Crippen LogP contribution in [-0.4, -0.2) is 11.8 Å². The number of hydrogen-bond acceptors (Lipinski definition) is 2. The van der Waals surface area contributed by atoms with Gasteiger partial charge in [0.05, 0.1) is 5.69 Å². The van der Waals surface area contributed by atoms with Crippen molar-refractivity contribution in [2.45, 2.75) is 0 Å². The Morgan fingerprint density at radius 3 is 2.79 bits per heavy atom. The van der Waals surface area contributed by atoms with Crippen LogP contribution in [0.3, 0.4) is 0 Å². The first-order chi connectivity index (χ1) is 6.58. The molecule has 1 heterocycles. The summed E-state index contributed by atoms with van der Waals surface area (Å²) >= 11 is 7.79. The minimum Gasteiger partial charge on any atom is -0.316 e. The summed E-state index contributed by atoms with van der Waals surface area (Å²) in [5.41, 5.74) is 0.950. The van der Waals surface area contributed by atoms with Crippen LogP contribution in [0.15, 0.2) is 12.1 Å². The maximum Gasteiger partial charge on any atom is 0.335 e. The molecular formula is C8H3ClIN2O2. The highest BCUT2D eigenvalue weighted by atomic mass is 127. The van der Waals surface area contributed by atoms with Gasteiger partial charge in [-0.15, -0.1) is 0 Å². The fraction of sp³-hybridized carbons (Fsp3) is 0. The van der Waals surface area contributed by atoms with Gasteiger partial charge in [-0.05, 0) is 34.7 Å². The maximum atomic E-state index is 11.0. The molecule has 6 heteroatoms. The highest BCUT2D eigenvalue weighted by Gasteiger charge is 2.26. The summed E-state index contributed by atoms with van der Waals surface area (Å²) in [5, 5.41) is 6.57. The Labute approximate surface area is 98.1 Å². The van der Waals surface area contributed by atoms with Gasteiger partial charge < -0.3 is 5.32 Å². The summed E-state index contributed by atoms with van der Waals surface area (Å²) in [4.78, 5) is 22.0. The van der Waals surface area contributed by atoms with Crippen LogP contribution in [0.4, 0.5) is 11.4 Å². The van der Waals surface area contributed by atoms with E-state index in [9.17, 15) is 9.59 Å². The lowest BCUT2D eigenvalue weighted by atomic mass is 10.2. The van der Waals surface area contributed by atoms with Crippen LogP contribution < -0.4 is 10.6 Å². The van der Waals surface area contributed by atoms with Crippen molar-refractivity contribution in [1.29, 1.82) is 0 Å². The topological polar surface area (TPSA) is 60.3 Å².